The predicted octanol–water partition coefficient (Wildman–Crippen LogP) is -0.0962. The summed E-state index contributed by atoms with van der Waals surface area (Å²) in [5, 5.41) is 5.92. The first-order valence-electron chi connectivity index (χ1n) is 10.8. The van der Waals surface area contributed by atoms with Gasteiger partial charge in [-0.3, -0.25) is 19.2 Å². The predicted molar refractivity (Wildman–Crippen MR) is 109 cm³/mol. The first-order valence-corrected chi connectivity index (χ1v) is 10.8. The number of amides is 4. The van der Waals surface area contributed by atoms with Crippen LogP contribution in [0.15, 0.2) is 24.3 Å². The van der Waals surface area contributed by atoms with Crippen molar-refractivity contribution in [2.24, 2.45) is 5.92 Å². The van der Waals surface area contributed by atoms with Crippen molar-refractivity contribution in [3.8, 4) is 5.75 Å². The van der Waals surface area contributed by atoms with Gasteiger partial charge in [0.05, 0.1) is 13.2 Å². The Hall–Kier alpha value is -3.10. The van der Waals surface area contributed by atoms with Gasteiger partial charge in [-0.25, -0.2) is 0 Å². The van der Waals surface area contributed by atoms with Crippen LogP contribution in [0.4, 0.5) is 0 Å². The summed E-state index contributed by atoms with van der Waals surface area (Å²) in [5.41, 5.74) is 0.482. The fourth-order valence-corrected chi connectivity index (χ4v) is 4.95. The molecule has 1 aliphatic carbocycles. The summed E-state index contributed by atoms with van der Waals surface area (Å²) < 4.78 is 5.11. The Labute approximate surface area is 180 Å². The molecule has 3 saturated heterocycles. The molecule has 0 spiro atoms. The molecule has 0 unspecified atom stereocenters. The maximum Gasteiger partial charge on any atom is 0.251 e. The van der Waals surface area contributed by atoms with Gasteiger partial charge in [-0.1, -0.05) is 0 Å². The molecule has 0 aromatic heterocycles. The van der Waals surface area contributed by atoms with Crippen molar-refractivity contribution in [3.05, 3.63) is 29.8 Å². The molecule has 1 aromatic rings. The molecule has 1 saturated carbocycles. The lowest BCUT2D eigenvalue weighted by molar-refractivity contribution is -0.145. The molecule has 9 heteroatoms. The van der Waals surface area contributed by atoms with Gasteiger partial charge in [-0.15, -0.1) is 0 Å². The van der Waals surface area contributed by atoms with E-state index in [4.69, 9.17) is 4.74 Å². The van der Waals surface area contributed by atoms with E-state index in [2.05, 4.69) is 10.6 Å². The number of ether oxygens (including phenoxy) is 1. The van der Waals surface area contributed by atoms with Gasteiger partial charge in [-0.05, 0) is 49.9 Å². The van der Waals surface area contributed by atoms with E-state index < -0.39 is 12.1 Å². The zero-order valence-electron chi connectivity index (χ0n) is 17.4. The van der Waals surface area contributed by atoms with Crippen molar-refractivity contribution in [2.45, 2.75) is 49.9 Å². The molecule has 4 fully saturated rings. The Morgan fingerprint density at radius 3 is 2.55 bits per heavy atom. The third-order valence-electron chi connectivity index (χ3n) is 6.76. The number of carbonyl (C=O) groups is 4. The summed E-state index contributed by atoms with van der Waals surface area (Å²) in [6, 6.07) is 4.82. The third-order valence-corrected chi connectivity index (χ3v) is 6.76. The smallest absolute Gasteiger partial charge is 0.251 e. The van der Waals surface area contributed by atoms with E-state index >= 15 is 0 Å². The van der Waals surface area contributed by atoms with Crippen molar-refractivity contribution in [1.29, 1.82) is 0 Å². The van der Waals surface area contributed by atoms with Crippen LogP contribution in [0.25, 0.3) is 0 Å². The molecule has 164 valence electrons. The highest BCUT2D eigenvalue weighted by Crippen LogP contribution is 2.36. The lowest BCUT2D eigenvalue weighted by Gasteiger charge is -2.29. The Kier molecular flexibility index (Phi) is 4.83. The minimum absolute atomic E-state index is 0.0245. The number of benzene rings is 1. The van der Waals surface area contributed by atoms with Crippen LogP contribution in [0.2, 0.25) is 0 Å². The lowest BCUT2D eigenvalue weighted by atomic mass is 10.1. The number of carbonyl (C=O) groups excluding carboxylic acids is 4. The van der Waals surface area contributed by atoms with Crippen LogP contribution >= 0.6 is 0 Å². The molecule has 4 aliphatic rings. The van der Waals surface area contributed by atoms with E-state index in [0.29, 0.717) is 30.7 Å². The molecule has 3 aliphatic heterocycles. The Morgan fingerprint density at radius 1 is 1.13 bits per heavy atom. The van der Waals surface area contributed by atoms with Gasteiger partial charge in [0.2, 0.25) is 17.7 Å². The van der Waals surface area contributed by atoms with Gasteiger partial charge >= 0.3 is 0 Å². The minimum Gasteiger partial charge on any atom is -0.497 e. The van der Waals surface area contributed by atoms with Gasteiger partial charge < -0.3 is 25.2 Å². The first kappa shape index (κ1) is 19.8. The Balaban J connectivity index is 1.30. The van der Waals surface area contributed by atoms with Crippen LogP contribution in [-0.2, 0) is 14.4 Å². The summed E-state index contributed by atoms with van der Waals surface area (Å²) in [7, 11) is 1.56. The maximum absolute atomic E-state index is 13.4. The SMILES string of the molecule is COc1ccc(C(=O)N[C@@H]2C[C@H]3C(=O)N[C@@H]4CCN(C(=O)C5CC5)[C@@H]4C(=O)N3C2)cc1. The van der Waals surface area contributed by atoms with Gasteiger partial charge in [-0.2, -0.15) is 0 Å². The fourth-order valence-electron chi connectivity index (χ4n) is 4.95. The van der Waals surface area contributed by atoms with E-state index in [-0.39, 0.29) is 48.2 Å². The highest BCUT2D eigenvalue weighted by Gasteiger charge is 2.53. The molecule has 9 nitrogen and oxygen atoms in total. The molecular weight excluding hydrogens is 400 g/mol. The van der Waals surface area contributed by atoms with Crippen LogP contribution in [0.1, 0.15) is 36.0 Å². The van der Waals surface area contributed by atoms with E-state index in [0.717, 1.165) is 12.8 Å². The Morgan fingerprint density at radius 2 is 1.87 bits per heavy atom. The van der Waals surface area contributed by atoms with Gasteiger partial charge in [0.25, 0.3) is 5.91 Å². The maximum atomic E-state index is 13.4. The lowest BCUT2D eigenvalue weighted by Crippen LogP contribution is -2.53. The van der Waals surface area contributed by atoms with Gasteiger partial charge in [0.1, 0.15) is 17.8 Å². The molecule has 0 radical (unpaired) electrons. The summed E-state index contributed by atoms with van der Waals surface area (Å²) in [6.45, 7) is 0.750. The molecule has 31 heavy (non-hydrogen) atoms. The number of fused-ring (bicyclic) bond motifs is 2. The van der Waals surface area contributed by atoms with Crippen LogP contribution < -0.4 is 15.4 Å². The van der Waals surface area contributed by atoms with Crippen LogP contribution in [0, 0.1) is 5.92 Å². The van der Waals surface area contributed by atoms with E-state index in [1.165, 1.54) is 0 Å². The van der Waals surface area contributed by atoms with E-state index in [1.807, 2.05) is 0 Å². The fraction of sp³-hybridized carbons (Fsp3) is 0.545. The first-order chi connectivity index (χ1) is 15.0. The van der Waals surface area contributed by atoms with Gasteiger partial charge in [0, 0.05) is 30.6 Å². The molecular formula is C22H26N4O5. The van der Waals surface area contributed by atoms with Crippen LogP contribution in [-0.4, -0.2) is 77.8 Å². The zero-order valence-corrected chi connectivity index (χ0v) is 17.4. The summed E-state index contributed by atoms with van der Waals surface area (Å²) in [5.74, 6) is 0.0456. The number of nitrogens with one attached hydrogen (secondary N) is 2. The number of hydrogen-bond acceptors (Lipinski definition) is 5. The average Bonchev–Trinajstić information content (AvgIpc) is 3.43. The molecule has 1 aromatic carbocycles. The second-order valence-corrected chi connectivity index (χ2v) is 8.80. The standard InChI is InChI=1S/C22H26N4O5/c1-31-15-6-4-12(5-7-15)19(27)23-14-10-17-20(28)24-16-8-9-25(21(29)13-2-3-13)18(16)22(30)26(17)11-14/h4-7,13-14,16-18H,2-3,8-11H2,1H3,(H,23,27)(H,24,28)/t14-,16-,17+,18+/m1/s1. The summed E-state index contributed by atoms with van der Waals surface area (Å²) in [6.07, 6.45) is 2.70. The second-order valence-electron chi connectivity index (χ2n) is 8.80. The van der Waals surface area contributed by atoms with Crippen molar-refractivity contribution in [1.82, 2.24) is 20.4 Å². The van der Waals surface area contributed by atoms with Crippen LogP contribution in [0.5, 0.6) is 5.75 Å². The Bertz CT molecular complexity index is 928. The van der Waals surface area contributed by atoms with E-state index in [1.54, 1.807) is 41.2 Å². The molecule has 5 rings (SSSR count). The summed E-state index contributed by atoms with van der Waals surface area (Å²) in [4.78, 5) is 54.8. The number of likely N-dealkylation sites (tertiary alicyclic amines) is 1. The molecule has 0 bridgehead atoms. The second kappa shape index (κ2) is 7.55. The number of nitrogens with zero attached hydrogens (tertiary/aromatic N) is 2. The normalized spacial score (nSPS) is 29.7. The monoisotopic (exact) mass is 426 g/mol. The van der Waals surface area contributed by atoms with E-state index in [9.17, 15) is 19.2 Å². The topological polar surface area (TPSA) is 108 Å². The van der Waals surface area contributed by atoms with Crippen molar-refractivity contribution < 1.29 is 23.9 Å². The third kappa shape index (κ3) is 3.51. The molecule has 2 N–H and O–H groups in total. The quantitative estimate of drug-likeness (QED) is 0.699. The number of hydrogen-bond donors (Lipinski definition) is 2. The number of rotatable bonds is 4. The highest BCUT2D eigenvalue weighted by molar-refractivity contribution is 5.98. The minimum atomic E-state index is -0.641. The summed E-state index contributed by atoms with van der Waals surface area (Å²) >= 11 is 0. The zero-order chi connectivity index (χ0) is 21.7. The highest BCUT2D eigenvalue weighted by atomic mass is 16.5. The van der Waals surface area contributed by atoms with Crippen molar-refractivity contribution >= 4 is 23.6 Å². The molecule has 3 heterocycles. The van der Waals surface area contributed by atoms with Crippen LogP contribution in [0.3, 0.4) is 0 Å². The molecule has 4 atom stereocenters. The average molecular weight is 426 g/mol. The number of methoxy groups -OCH3 is 1. The van der Waals surface area contributed by atoms with Crippen molar-refractivity contribution in [2.75, 3.05) is 20.2 Å². The molecule has 4 amide bonds. The van der Waals surface area contributed by atoms with Crippen molar-refractivity contribution in [3.63, 3.8) is 0 Å². The largest absolute Gasteiger partial charge is 0.497 e. The van der Waals surface area contributed by atoms with Gasteiger partial charge in [0.15, 0.2) is 0 Å².